The van der Waals surface area contributed by atoms with E-state index in [1.165, 1.54) is 11.3 Å². The van der Waals surface area contributed by atoms with Crippen molar-refractivity contribution in [3.63, 3.8) is 0 Å². The zero-order chi connectivity index (χ0) is 19.5. The van der Waals surface area contributed by atoms with Gasteiger partial charge in [0.15, 0.2) is 3.95 Å². The Bertz CT molecular complexity index is 1170. The van der Waals surface area contributed by atoms with Gasteiger partial charge in [-0.3, -0.25) is 4.57 Å². The summed E-state index contributed by atoms with van der Waals surface area (Å²) < 4.78 is 9.24. The highest BCUT2D eigenvalue weighted by atomic mass is 32.1. The van der Waals surface area contributed by atoms with E-state index in [0.717, 1.165) is 28.3 Å². The van der Waals surface area contributed by atoms with Gasteiger partial charge in [-0.25, -0.2) is 4.68 Å². The van der Waals surface area contributed by atoms with Gasteiger partial charge in [0, 0.05) is 23.5 Å². The molecule has 5 nitrogen and oxygen atoms in total. The molecule has 0 atom stereocenters. The van der Waals surface area contributed by atoms with Crippen LogP contribution in [0.25, 0.3) is 29.2 Å². The fraction of sp³-hybridized carbons (Fsp3) is 0.0476. The van der Waals surface area contributed by atoms with Crippen LogP contribution in [0.3, 0.4) is 0 Å². The Morgan fingerprint density at radius 2 is 1.86 bits per heavy atom. The summed E-state index contributed by atoms with van der Waals surface area (Å²) in [5, 5.41) is 16.4. The number of benzene rings is 2. The van der Waals surface area contributed by atoms with E-state index >= 15 is 0 Å². The van der Waals surface area contributed by atoms with Gasteiger partial charge >= 0.3 is 0 Å². The van der Waals surface area contributed by atoms with Crippen molar-refractivity contribution in [1.82, 2.24) is 14.3 Å². The van der Waals surface area contributed by atoms with E-state index in [-0.39, 0.29) is 5.88 Å². The molecule has 2 heterocycles. The van der Waals surface area contributed by atoms with E-state index in [1.54, 1.807) is 23.3 Å². The molecule has 0 radical (unpaired) electrons. The minimum absolute atomic E-state index is 0.118. The first-order valence-electron chi connectivity index (χ1n) is 8.52. The molecule has 0 amide bonds. The van der Waals surface area contributed by atoms with E-state index in [0.29, 0.717) is 3.95 Å². The third-order valence-electron chi connectivity index (χ3n) is 4.24. The second-order valence-corrected chi connectivity index (χ2v) is 7.49. The van der Waals surface area contributed by atoms with Crippen LogP contribution in [0.2, 0.25) is 0 Å². The van der Waals surface area contributed by atoms with Gasteiger partial charge in [0.25, 0.3) is 0 Å². The van der Waals surface area contributed by atoms with Gasteiger partial charge in [0.2, 0.25) is 5.88 Å². The highest BCUT2D eigenvalue weighted by Crippen LogP contribution is 2.27. The molecule has 7 heteroatoms. The van der Waals surface area contributed by atoms with Crippen molar-refractivity contribution in [2.24, 2.45) is 0 Å². The maximum atomic E-state index is 9.96. The molecule has 0 aliphatic heterocycles. The topological polar surface area (TPSA) is 52.2 Å². The van der Waals surface area contributed by atoms with Gasteiger partial charge in [-0.05, 0) is 54.7 Å². The molecule has 0 spiro atoms. The molecule has 0 saturated heterocycles. The molecule has 4 aromatic rings. The second-order valence-electron chi connectivity index (χ2n) is 5.99. The predicted molar refractivity (Wildman–Crippen MR) is 116 cm³/mol. The van der Waals surface area contributed by atoms with Crippen molar-refractivity contribution >= 4 is 35.8 Å². The third-order valence-corrected chi connectivity index (χ3v) is 5.45. The van der Waals surface area contributed by atoms with Gasteiger partial charge in [-0.2, -0.15) is 5.10 Å². The molecule has 140 valence electrons. The summed E-state index contributed by atoms with van der Waals surface area (Å²) in [4.78, 5) is 0. The molecular formula is C21H17N3O2S2. The quantitative estimate of drug-likeness (QED) is 0.446. The number of ether oxygens (including phenoxy) is 1. The Kier molecular flexibility index (Phi) is 5.10. The van der Waals surface area contributed by atoms with Crippen LogP contribution in [0.5, 0.6) is 11.6 Å². The molecular weight excluding hydrogens is 390 g/mol. The minimum Gasteiger partial charge on any atom is -0.497 e. The summed E-state index contributed by atoms with van der Waals surface area (Å²) in [6, 6.07) is 17.7. The summed E-state index contributed by atoms with van der Waals surface area (Å²) in [6.45, 7) is 0. The van der Waals surface area contributed by atoms with Gasteiger partial charge < -0.3 is 9.84 Å². The van der Waals surface area contributed by atoms with Crippen molar-refractivity contribution < 1.29 is 9.84 Å². The molecule has 4 rings (SSSR count). The van der Waals surface area contributed by atoms with Crippen molar-refractivity contribution in [3.05, 3.63) is 75.7 Å². The Labute approximate surface area is 171 Å². The summed E-state index contributed by atoms with van der Waals surface area (Å²) >= 11 is 6.57. The number of methoxy groups -OCH3 is 1. The molecule has 0 unspecified atom stereocenters. The van der Waals surface area contributed by atoms with Gasteiger partial charge in [0.1, 0.15) is 11.4 Å². The molecule has 0 aliphatic carbocycles. The maximum Gasteiger partial charge on any atom is 0.207 e. The van der Waals surface area contributed by atoms with Crippen LogP contribution in [-0.4, -0.2) is 26.6 Å². The van der Waals surface area contributed by atoms with Crippen LogP contribution >= 0.6 is 23.6 Å². The lowest BCUT2D eigenvalue weighted by molar-refractivity contribution is 0.415. The monoisotopic (exact) mass is 407 g/mol. The maximum absolute atomic E-state index is 9.96. The largest absolute Gasteiger partial charge is 0.497 e. The minimum atomic E-state index is 0.118. The Morgan fingerprint density at radius 3 is 2.50 bits per heavy atom. The SMILES string of the molecule is COc1ccc(-c2nn(-c3ccccc3)cc2C=Cn2c(O)csc2=S)cc1. The predicted octanol–water partition coefficient (Wildman–Crippen LogP) is 5.47. The second kappa shape index (κ2) is 7.84. The van der Waals surface area contributed by atoms with Gasteiger partial charge in [-0.1, -0.05) is 18.2 Å². The van der Waals surface area contributed by atoms with Gasteiger partial charge in [0.05, 0.1) is 18.2 Å². The Hall–Kier alpha value is -3.16. The zero-order valence-electron chi connectivity index (χ0n) is 15.0. The Balaban J connectivity index is 1.80. The molecule has 1 N–H and O–H groups in total. The van der Waals surface area contributed by atoms with Crippen LogP contribution in [-0.2, 0) is 0 Å². The number of nitrogens with zero attached hydrogens (tertiary/aromatic N) is 3. The average Bonchev–Trinajstić information content (AvgIpc) is 3.30. The standard InChI is InChI=1S/C21H17N3O2S2/c1-26-18-9-7-15(8-10-18)20-16(11-12-23-19(25)14-28-21(23)27)13-24(22-20)17-5-3-2-4-6-17/h2-14,25H,1H3. The van der Waals surface area contributed by atoms with Crippen LogP contribution in [0, 0.1) is 3.95 Å². The van der Waals surface area contributed by atoms with Crippen molar-refractivity contribution in [2.45, 2.75) is 0 Å². The lowest BCUT2D eigenvalue weighted by atomic mass is 10.1. The molecule has 0 fully saturated rings. The van der Waals surface area contributed by atoms with Crippen LogP contribution in [0.4, 0.5) is 0 Å². The van der Waals surface area contributed by atoms with E-state index in [4.69, 9.17) is 22.1 Å². The normalized spacial score (nSPS) is 11.2. The van der Waals surface area contributed by atoms with Crippen molar-refractivity contribution in [2.75, 3.05) is 7.11 Å². The van der Waals surface area contributed by atoms with E-state index < -0.39 is 0 Å². The first kappa shape index (κ1) is 18.2. The molecule has 28 heavy (non-hydrogen) atoms. The number of hydrogen-bond acceptors (Lipinski definition) is 5. The van der Waals surface area contributed by atoms with Gasteiger partial charge in [-0.15, -0.1) is 11.3 Å². The van der Waals surface area contributed by atoms with Crippen LogP contribution < -0.4 is 4.74 Å². The zero-order valence-corrected chi connectivity index (χ0v) is 16.7. The number of aromatic nitrogens is 3. The van der Waals surface area contributed by atoms with Crippen molar-refractivity contribution in [1.29, 1.82) is 0 Å². The third kappa shape index (κ3) is 3.62. The molecule has 0 bridgehead atoms. The molecule has 0 saturated carbocycles. The molecule has 2 aromatic carbocycles. The van der Waals surface area contributed by atoms with E-state index in [2.05, 4.69) is 0 Å². The Morgan fingerprint density at radius 1 is 1.11 bits per heavy atom. The number of thiazole rings is 1. The van der Waals surface area contributed by atoms with E-state index in [1.807, 2.05) is 71.6 Å². The van der Waals surface area contributed by atoms with E-state index in [9.17, 15) is 5.11 Å². The van der Waals surface area contributed by atoms with Crippen LogP contribution in [0.15, 0.2) is 66.2 Å². The first-order chi connectivity index (χ1) is 13.7. The lowest BCUT2D eigenvalue weighted by Gasteiger charge is -2.03. The number of aromatic hydroxyl groups is 1. The average molecular weight is 408 g/mol. The number of para-hydroxylation sites is 1. The summed E-state index contributed by atoms with van der Waals surface area (Å²) in [7, 11) is 1.64. The number of rotatable bonds is 5. The van der Waals surface area contributed by atoms with Crippen molar-refractivity contribution in [3.8, 4) is 28.6 Å². The smallest absolute Gasteiger partial charge is 0.207 e. The molecule has 0 aliphatic rings. The fourth-order valence-electron chi connectivity index (χ4n) is 2.80. The first-order valence-corrected chi connectivity index (χ1v) is 9.81. The lowest BCUT2D eigenvalue weighted by Crippen LogP contribution is -1.94. The highest BCUT2D eigenvalue weighted by Gasteiger charge is 2.11. The molecule has 2 aromatic heterocycles. The summed E-state index contributed by atoms with van der Waals surface area (Å²) in [6.07, 6.45) is 5.61. The highest BCUT2D eigenvalue weighted by molar-refractivity contribution is 7.73. The van der Waals surface area contributed by atoms with Crippen LogP contribution in [0.1, 0.15) is 5.56 Å². The summed E-state index contributed by atoms with van der Waals surface area (Å²) in [5.74, 6) is 0.908. The fourth-order valence-corrected chi connectivity index (χ4v) is 3.68. The number of hydrogen-bond donors (Lipinski definition) is 1. The summed E-state index contributed by atoms with van der Waals surface area (Å²) in [5.41, 5.74) is 3.66.